The summed E-state index contributed by atoms with van der Waals surface area (Å²) in [7, 11) is 3.23. The second-order valence-electron chi connectivity index (χ2n) is 9.74. The zero-order chi connectivity index (χ0) is 28.5. The Morgan fingerprint density at radius 3 is 2.62 bits per heavy atom. The summed E-state index contributed by atoms with van der Waals surface area (Å²) in [6, 6.07) is 18.5. The number of esters is 1. The number of fused-ring (bicyclic) bond motifs is 1. The molecule has 40 heavy (non-hydrogen) atoms. The Morgan fingerprint density at radius 2 is 1.85 bits per heavy atom. The highest BCUT2D eigenvalue weighted by molar-refractivity contribution is 5.93. The Bertz CT molecular complexity index is 1430. The average molecular weight is 550 g/mol. The SMILES string of the molecule is COCCCOC(=O)Cc1ccc(C)cc1OCc1cc(-c2cccc(C(N)CF)c2)c2oc(COC)cc2c1. The molecule has 0 spiro atoms. The van der Waals surface area contributed by atoms with Crippen molar-refractivity contribution in [2.45, 2.75) is 39.0 Å². The van der Waals surface area contributed by atoms with E-state index in [4.69, 9.17) is 29.1 Å². The first kappa shape index (κ1) is 29.3. The second-order valence-corrected chi connectivity index (χ2v) is 9.74. The van der Waals surface area contributed by atoms with Crippen LogP contribution in [0.1, 0.15) is 40.5 Å². The Kier molecular flexibility index (Phi) is 10.3. The van der Waals surface area contributed by atoms with Gasteiger partial charge in [0, 0.05) is 43.8 Å². The first-order chi connectivity index (χ1) is 19.4. The molecule has 212 valence electrons. The van der Waals surface area contributed by atoms with Crippen molar-refractivity contribution in [2.24, 2.45) is 5.73 Å². The maximum absolute atomic E-state index is 13.3. The fourth-order valence-corrected chi connectivity index (χ4v) is 4.50. The highest BCUT2D eigenvalue weighted by Crippen LogP contribution is 2.34. The molecule has 4 rings (SSSR count). The van der Waals surface area contributed by atoms with Gasteiger partial charge < -0.3 is 29.1 Å². The van der Waals surface area contributed by atoms with E-state index < -0.39 is 12.7 Å². The summed E-state index contributed by atoms with van der Waals surface area (Å²) in [5.41, 5.74) is 11.8. The van der Waals surface area contributed by atoms with Gasteiger partial charge in [0.05, 0.1) is 19.1 Å². The first-order valence-electron chi connectivity index (χ1n) is 13.2. The number of carbonyl (C=O) groups is 1. The predicted molar refractivity (Wildman–Crippen MR) is 152 cm³/mol. The number of halogens is 1. The van der Waals surface area contributed by atoms with Crippen LogP contribution in [0.2, 0.25) is 0 Å². The van der Waals surface area contributed by atoms with Crippen molar-refractivity contribution >= 4 is 16.9 Å². The highest BCUT2D eigenvalue weighted by Gasteiger charge is 2.16. The van der Waals surface area contributed by atoms with Crippen LogP contribution in [0.5, 0.6) is 5.75 Å². The lowest BCUT2D eigenvalue weighted by Crippen LogP contribution is -2.12. The van der Waals surface area contributed by atoms with Crippen LogP contribution in [0.15, 0.2) is 65.1 Å². The van der Waals surface area contributed by atoms with Gasteiger partial charge in [-0.25, -0.2) is 4.39 Å². The van der Waals surface area contributed by atoms with Crippen molar-refractivity contribution < 1.29 is 32.5 Å². The van der Waals surface area contributed by atoms with Crippen LogP contribution in [0, 0.1) is 6.92 Å². The second kappa shape index (κ2) is 14.1. The average Bonchev–Trinajstić information content (AvgIpc) is 3.37. The van der Waals surface area contributed by atoms with Crippen molar-refractivity contribution in [2.75, 3.05) is 34.1 Å². The van der Waals surface area contributed by atoms with Gasteiger partial charge in [0.15, 0.2) is 0 Å². The molecule has 1 heterocycles. The molecule has 4 aromatic rings. The van der Waals surface area contributed by atoms with E-state index in [0.29, 0.717) is 48.9 Å². The molecule has 0 amide bonds. The summed E-state index contributed by atoms with van der Waals surface area (Å²) in [5, 5.41) is 0.896. The van der Waals surface area contributed by atoms with Crippen LogP contribution in [0.3, 0.4) is 0 Å². The van der Waals surface area contributed by atoms with Gasteiger partial charge in [0.25, 0.3) is 0 Å². The van der Waals surface area contributed by atoms with Crippen LogP contribution in [0.25, 0.3) is 22.1 Å². The van der Waals surface area contributed by atoms with E-state index in [0.717, 1.165) is 33.2 Å². The molecule has 0 radical (unpaired) electrons. The zero-order valence-corrected chi connectivity index (χ0v) is 23.2. The Morgan fingerprint density at radius 1 is 1.00 bits per heavy atom. The topological polar surface area (TPSA) is 93.2 Å². The quantitative estimate of drug-likeness (QED) is 0.147. The summed E-state index contributed by atoms with van der Waals surface area (Å²) in [5.74, 6) is 1.00. The molecule has 0 aliphatic heterocycles. The third-order valence-corrected chi connectivity index (χ3v) is 6.51. The van der Waals surface area contributed by atoms with Crippen LogP contribution in [0.4, 0.5) is 4.39 Å². The van der Waals surface area contributed by atoms with Gasteiger partial charge in [0.2, 0.25) is 0 Å². The Balaban J connectivity index is 1.61. The van der Waals surface area contributed by atoms with E-state index in [1.807, 2.05) is 67.6 Å². The fourth-order valence-electron chi connectivity index (χ4n) is 4.50. The molecule has 8 heteroatoms. The Hall–Kier alpha value is -3.72. The van der Waals surface area contributed by atoms with Crippen LogP contribution in [-0.4, -0.2) is 40.1 Å². The van der Waals surface area contributed by atoms with Gasteiger partial charge in [0.1, 0.15) is 37.0 Å². The van der Waals surface area contributed by atoms with E-state index in [9.17, 15) is 9.18 Å². The molecule has 0 bridgehead atoms. The summed E-state index contributed by atoms with van der Waals surface area (Å²) < 4.78 is 41.3. The van der Waals surface area contributed by atoms with Crippen molar-refractivity contribution in [3.63, 3.8) is 0 Å². The number of aryl methyl sites for hydroxylation is 1. The predicted octanol–water partition coefficient (Wildman–Crippen LogP) is 6.23. The first-order valence-corrected chi connectivity index (χ1v) is 13.2. The molecule has 0 fully saturated rings. The molecule has 7 nitrogen and oxygen atoms in total. The van der Waals surface area contributed by atoms with E-state index in [1.54, 1.807) is 14.2 Å². The maximum Gasteiger partial charge on any atom is 0.310 e. The van der Waals surface area contributed by atoms with Gasteiger partial charge in [-0.1, -0.05) is 30.3 Å². The molecule has 3 aromatic carbocycles. The number of furan rings is 1. The van der Waals surface area contributed by atoms with Crippen molar-refractivity contribution in [1.29, 1.82) is 0 Å². The number of carbonyl (C=O) groups excluding carboxylic acids is 1. The minimum absolute atomic E-state index is 0.108. The molecule has 1 atom stereocenters. The number of alkyl halides is 1. The monoisotopic (exact) mass is 549 g/mol. The summed E-state index contributed by atoms with van der Waals surface area (Å²) in [4.78, 5) is 12.4. The van der Waals surface area contributed by atoms with E-state index in [1.165, 1.54) is 0 Å². The molecule has 0 saturated carbocycles. The molecule has 1 unspecified atom stereocenters. The number of hydrogen-bond donors (Lipinski definition) is 1. The van der Waals surface area contributed by atoms with Gasteiger partial charge in [-0.2, -0.15) is 0 Å². The fraction of sp³-hybridized carbons (Fsp3) is 0.344. The van der Waals surface area contributed by atoms with Gasteiger partial charge in [-0.3, -0.25) is 4.79 Å². The molecule has 1 aromatic heterocycles. The van der Waals surface area contributed by atoms with Crippen LogP contribution < -0.4 is 10.5 Å². The number of benzene rings is 3. The molecule has 0 aliphatic rings. The number of ether oxygens (including phenoxy) is 4. The van der Waals surface area contributed by atoms with E-state index in [-0.39, 0.29) is 19.0 Å². The van der Waals surface area contributed by atoms with Crippen molar-refractivity contribution in [1.82, 2.24) is 0 Å². The normalized spacial score (nSPS) is 12.0. The lowest BCUT2D eigenvalue weighted by atomic mass is 9.97. The maximum atomic E-state index is 13.3. The third-order valence-electron chi connectivity index (χ3n) is 6.51. The number of hydrogen-bond acceptors (Lipinski definition) is 7. The standard InChI is InChI=1S/C32H36FNO6/c1-21-8-9-25(17-31(35)38-11-5-10-36-2)30(12-21)39-19-22-13-26-16-27(20-37-3)40-32(26)28(14-22)23-6-4-7-24(15-23)29(34)18-33/h4,6-9,12-16,29H,5,10-11,17-20,34H2,1-3H3. The van der Waals surface area contributed by atoms with Gasteiger partial charge in [-0.15, -0.1) is 0 Å². The van der Waals surface area contributed by atoms with Crippen molar-refractivity contribution in [3.8, 4) is 16.9 Å². The summed E-state index contributed by atoms with van der Waals surface area (Å²) in [6.07, 6.45) is 0.754. The lowest BCUT2D eigenvalue weighted by Gasteiger charge is -2.14. The van der Waals surface area contributed by atoms with E-state index >= 15 is 0 Å². The smallest absolute Gasteiger partial charge is 0.310 e. The molecule has 0 saturated heterocycles. The van der Waals surface area contributed by atoms with Crippen molar-refractivity contribution in [3.05, 3.63) is 88.7 Å². The summed E-state index contributed by atoms with van der Waals surface area (Å²) in [6.45, 7) is 2.77. The van der Waals surface area contributed by atoms with Gasteiger partial charge in [-0.05, 0) is 59.5 Å². The molecular weight excluding hydrogens is 513 g/mol. The minimum Gasteiger partial charge on any atom is -0.489 e. The Labute approximate surface area is 234 Å². The van der Waals surface area contributed by atoms with Crippen LogP contribution >= 0.6 is 0 Å². The number of rotatable bonds is 14. The van der Waals surface area contributed by atoms with E-state index in [2.05, 4.69) is 0 Å². The third kappa shape index (κ3) is 7.47. The molecule has 2 N–H and O–H groups in total. The number of methoxy groups -OCH3 is 2. The summed E-state index contributed by atoms with van der Waals surface area (Å²) >= 11 is 0. The molecule has 0 aliphatic carbocycles. The van der Waals surface area contributed by atoms with Gasteiger partial charge >= 0.3 is 5.97 Å². The zero-order valence-electron chi connectivity index (χ0n) is 23.2. The lowest BCUT2D eigenvalue weighted by molar-refractivity contribution is -0.143. The number of nitrogens with two attached hydrogens (primary N) is 1. The molecular formula is C32H36FNO6. The van der Waals surface area contributed by atoms with Crippen LogP contribution in [-0.2, 0) is 38.6 Å². The highest BCUT2D eigenvalue weighted by atomic mass is 19.1. The minimum atomic E-state index is -0.700. The largest absolute Gasteiger partial charge is 0.489 e.